The minimum atomic E-state index is -0.560. The molecule has 7 heteroatoms. The van der Waals surface area contributed by atoms with E-state index < -0.39 is 17.2 Å². The maximum absolute atomic E-state index is 13.7. The summed E-state index contributed by atoms with van der Waals surface area (Å²) in [6.45, 7) is -0.0328. The lowest BCUT2D eigenvalue weighted by molar-refractivity contribution is 0.386. The van der Waals surface area contributed by atoms with Crippen LogP contribution in [0.1, 0.15) is 5.56 Å². The molecule has 1 aromatic heterocycles. The molecule has 0 aliphatic rings. The van der Waals surface area contributed by atoms with E-state index in [9.17, 15) is 14.0 Å². The highest BCUT2D eigenvalue weighted by molar-refractivity contribution is 5.30. The van der Waals surface area contributed by atoms with Crippen LogP contribution in [0.15, 0.2) is 58.1 Å². The predicted octanol–water partition coefficient (Wildman–Crippen LogP) is 1.52. The van der Waals surface area contributed by atoms with Gasteiger partial charge in [-0.2, -0.15) is 0 Å². The Morgan fingerprint density at radius 3 is 2.52 bits per heavy atom. The van der Waals surface area contributed by atoms with E-state index in [1.807, 2.05) is 6.07 Å². The molecule has 0 fully saturated rings. The van der Waals surface area contributed by atoms with E-state index in [0.717, 1.165) is 9.25 Å². The van der Waals surface area contributed by atoms with Crippen LogP contribution < -0.4 is 16.1 Å². The predicted molar refractivity (Wildman–Crippen MR) is 82.7 cm³/mol. The van der Waals surface area contributed by atoms with Gasteiger partial charge >= 0.3 is 11.4 Å². The fraction of sp³-hybridized carbons (Fsp3) is 0.125. The van der Waals surface area contributed by atoms with Crippen LogP contribution in [0.25, 0.3) is 5.69 Å². The van der Waals surface area contributed by atoms with Crippen molar-refractivity contribution in [1.29, 1.82) is 0 Å². The number of H-pyrrole nitrogens is 1. The van der Waals surface area contributed by atoms with Crippen molar-refractivity contribution >= 4 is 0 Å². The van der Waals surface area contributed by atoms with Gasteiger partial charge in [0.05, 0.1) is 19.3 Å². The molecule has 0 saturated heterocycles. The number of aromatic amines is 1. The van der Waals surface area contributed by atoms with Crippen LogP contribution in [-0.2, 0) is 6.54 Å². The maximum Gasteiger partial charge on any atom is 0.352 e. The minimum absolute atomic E-state index is 0.0328. The van der Waals surface area contributed by atoms with Crippen LogP contribution in [0.2, 0.25) is 0 Å². The summed E-state index contributed by atoms with van der Waals surface area (Å²) in [5.74, 6) is -0.436. The molecule has 0 aliphatic carbocycles. The standard InChI is InChI=1S/C16H14FN3O3/c1-23-14-8-7-11(9-13(14)17)10-19-15(21)18-20(16(19)22)12-5-3-2-4-6-12/h2-9H,10H2,1H3,(H,18,21). The first-order chi connectivity index (χ1) is 11.1. The van der Waals surface area contributed by atoms with E-state index >= 15 is 0 Å². The van der Waals surface area contributed by atoms with E-state index in [0.29, 0.717) is 11.3 Å². The Morgan fingerprint density at radius 1 is 1.13 bits per heavy atom. The Morgan fingerprint density at radius 2 is 1.87 bits per heavy atom. The molecule has 23 heavy (non-hydrogen) atoms. The first kappa shape index (κ1) is 14.8. The van der Waals surface area contributed by atoms with Crippen molar-refractivity contribution < 1.29 is 9.13 Å². The van der Waals surface area contributed by atoms with Crippen LogP contribution in [0.4, 0.5) is 4.39 Å². The van der Waals surface area contributed by atoms with E-state index in [4.69, 9.17) is 4.74 Å². The Bertz CT molecular complexity index is 941. The second kappa shape index (κ2) is 5.96. The lowest BCUT2D eigenvalue weighted by Gasteiger charge is -2.05. The average molecular weight is 315 g/mol. The Labute approximate surface area is 130 Å². The van der Waals surface area contributed by atoms with Gasteiger partial charge in [-0.15, -0.1) is 0 Å². The zero-order valence-corrected chi connectivity index (χ0v) is 12.3. The number of rotatable bonds is 4. The third kappa shape index (κ3) is 2.80. The van der Waals surface area contributed by atoms with Crippen molar-refractivity contribution in [3.63, 3.8) is 0 Å². The summed E-state index contributed by atoms with van der Waals surface area (Å²) in [5, 5.41) is 2.48. The van der Waals surface area contributed by atoms with Crippen molar-refractivity contribution in [2.24, 2.45) is 0 Å². The number of ether oxygens (including phenoxy) is 1. The van der Waals surface area contributed by atoms with E-state index in [1.54, 1.807) is 30.3 Å². The molecule has 1 heterocycles. The van der Waals surface area contributed by atoms with Gasteiger partial charge in [-0.3, -0.25) is 0 Å². The Kier molecular flexibility index (Phi) is 3.84. The average Bonchev–Trinajstić information content (AvgIpc) is 2.84. The molecular formula is C16H14FN3O3. The van der Waals surface area contributed by atoms with Crippen LogP contribution >= 0.6 is 0 Å². The highest BCUT2D eigenvalue weighted by atomic mass is 19.1. The molecule has 0 radical (unpaired) electrons. The normalized spacial score (nSPS) is 10.7. The van der Waals surface area contributed by atoms with Gasteiger partial charge < -0.3 is 4.74 Å². The second-order valence-electron chi connectivity index (χ2n) is 4.93. The first-order valence-corrected chi connectivity index (χ1v) is 6.90. The van der Waals surface area contributed by atoms with Crippen LogP contribution in [-0.4, -0.2) is 21.5 Å². The SMILES string of the molecule is COc1ccc(Cn2c(=O)[nH]n(-c3ccccc3)c2=O)cc1F. The molecule has 118 valence electrons. The summed E-state index contributed by atoms with van der Waals surface area (Å²) < 4.78 is 20.7. The summed E-state index contributed by atoms with van der Waals surface area (Å²) in [7, 11) is 1.37. The molecule has 1 N–H and O–H groups in total. The fourth-order valence-corrected chi connectivity index (χ4v) is 2.29. The zero-order chi connectivity index (χ0) is 16.4. The van der Waals surface area contributed by atoms with Crippen LogP contribution in [0.5, 0.6) is 5.75 Å². The summed E-state index contributed by atoms with van der Waals surface area (Å²) in [5.41, 5.74) is -0.0384. The molecule has 3 aromatic rings. The molecule has 0 amide bonds. The third-order valence-electron chi connectivity index (χ3n) is 3.45. The molecule has 0 aliphatic heterocycles. The number of benzene rings is 2. The summed E-state index contributed by atoms with van der Waals surface area (Å²) in [6, 6.07) is 13.0. The summed E-state index contributed by atoms with van der Waals surface area (Å²) in [4.78, 5) is 24.4. The maximum atomic E-state index is 13.7. The number of para-hydroxylation sites is 1. The Balaban J connectivity index is 1.99. The summed E-state index contributed by atoms with van der Waals surface area (Å²) >= 11 is 0. The van der Waals surface area contributed by atoms with Gasteiger partial charge in [0.15, 0.2) is 11.6 Å². The number of halogens is 1. The highest BCUT2D eigenvalue weighted by Gasteiger charge is 2.12. The van der Waals surface area contributed by atoms with Crippen LogP contribution in [0.3, 0.4) is 0 Å². The number of hydrogen-bond donors (Lipinski definition) is 1. The number of nitrogens with one attached hydrogen (secondary N) is 1. The second-order valence-corrected chi connectivity index (χ2v) is 4.93. The first-order valence-electron chi connectivity index (χ1n) is 6.90. The van der Waals surface area contributed by atoms with Gasteiger partial charge in [-0.25, -0.2) is 28.3 Å². The molecule has 0 bridgehead atoms. The molecular weight excluding hydrogens is 301 g/mol. The molecule has 0 spiro atoms. The van der Waals surface area contributed by atoms with Crippen molar-refractivity contribution in [2.75, 3.05) is 7.11 Å². The van der Waals surface area contributed by atoms with E-state index in [-0.39, 0.29) is 12.3 Å². The number of methoxy groups -OCH3 is 1. The number of hydrogen-bond acceptors (Lipinski definition) is 3. The van der Waals surface area contributed by atoms with Gasteiger partial charge in [0, 0.05) is 0 Å². The minimum Gasteiger partial charge on any atom is -0.494 e. The number of aromatic nitrogens is 3. The molecule has 0 unspecified atom stereocenters. The quantitative estimate of drug-likeness (QED) is 0.794. The lowest BCUT2D eigenvalue weighted by Crippen LogP contribution is -2.29. The summed E-state index contributed by atoms with van der Waals surface area (Å²) in [6.07, 6.45) is 0. The monoisotopic (exact) mass is 315 g/mol. The molecule has 2 aromatic carbocycles. The van der Waals surface area contributed by atoms with Crippen LogP contribution in [0, 0.1) is 5.82 Å². The van der Waals surface area contributed by atoms with Crippen molar-refractivity contribution in [3.8, 4) is 11.4 Å². The largest absolute Gasteiger partial charge is 0.494 e. The van der Waals surface area contributed by atoms with E-state index in [1.165, 1.54) is 19.2 Å². The molecule has 0 atom stereocenters. The van der Waals surface area contributed by atoms with Gasteiger partial charge in [0.25, 0.3) is 0 Å². The molecule has 6 nitrogen and oxygen atoms in total. The van der Waals surface area contributed by atoms with Crippen molar-refractivity contribution in [3.05, 3.63) is 80.9 Å². The Hall–Kier alpha value is -3.09. The van der Waals surface area contributed by atoms with Gasteiger partial charge in [0.2, 0.25) is 0 Å². The van der Waals surface area contributed by atoms with Crippen molar-refractivity contribution in [2.45, 2.75) is 6.54 Å². The third-order valence-corrected chi connectivity index (χ3v) is 3.45. The highest BCUT2D eigenvalue weighted by Crippen LogP contribution is 2.17. The lowest BCUT2D eigenvalue weighted by atomic mass is 10.2. The molecule has 0 saturated carbocycles. The van der Waals surface area contributed by atoms with Gasteiger partial charge in [0.1, 0.15) is 0 Å². The number of nitrogens with zero attached hydrogens (tertiary/aromatic N) is 2. The fourth-order valence-electron chi connectivity index (χ4n) is 2.29. The van der Waals surface area contributed by atoms with Gasteiger partial charge in [-0.05, 0) is 29.8 Å². The van der Waals surface area contributed by atoms with Crippen molar-refractivity contribution in [1.82, 2.24) is 14.3 Å². The zero-order valence-electron chi connectivity index (χ0n) is 12.3. The molecule has 3 rings (SSSR count). The smallest absolute Gasteiger partial charge is 0.352 e. The topological polar surface area (TPSA) is 69.0 Å². The van der Waals surface area contributed by atoms with E-state index in [2.05, 4.69) is 5.10 Å². The van der Waals surface area contributed by atoms with Gasteiger partial charge in [-0.1, -0.05) is 24.3 Å².